The molecule has 0 spiro atoms. The second-order valence-electron chi connectivity index (χ2n) is 7.70. The van der Waals surface area contributed by atoms with Crippen LogP contribution in [0.15, 0.2) is 53.4 Å². The van der Waals surface area contributed by atoms with Gasteiger partial charge in [-0.1, -0.05) is 74.5 Å². The molecule has 3 rings (SSSR count). The topological polar surface area (TPSA) is 49.4 Å². The number of hydrazine groups is 1. The van der Waals surface area contributed by atoms with Crippen molar-refractivity contribution in [1.29, 1.82) is 0 Å². The van der Waals surface area contributed by atoms with E-state index in [4.69, 9.17) is 12.2 Å². The van der Waals surface area contributed by atoms with Crippen molar-refractivity contribution in [3.63, 3.8) is 0 Å². The molecule has 2 aromatic carbocycles. The Balaban J connectivity index is 1.75. The minimum absolute atomic E-state index is 0.0717. The van der Waals surface area contributed by atoms with Gasteiger partial charge in [0.1, 0.15) is 0 Å². The van der Waals surface area contributed by atoms with E-state index >= 15 is 0 Å². The van der Waals surface area contributed by atoms with Crippen molar-refractivity contribution in [3.8, 4) is 0 Å². The fourth-order valence-electron chi connectivity index (χ4n) is 2.67. The Hall–Kier alpha value is -2.44. The first-order valence-electron chi connectivity index (χ1n) is 8.91. The Bertz CT molecular complexity index is 956. The average Bonchev–Trinajstić information content (AvgIpc) is 2.89. The summed E-state index contributed by atoms with van der Waals surface area (Å²) in [6, 6.07) is 15.2. The molecule has 0 bridgehead atoms. The molecule has 1 aliphatic rings. The molecule has 6 heteroatoms. The van der Waals surface area contributed by atoms with Crippen molar-refractivity contribution < 1.29 is 9.59 Å². The number of rotatable bonds is 3. The van der Waals surface area contributed by atoms with E-state index in [9.17, 15) is 9.59 Å². The molecule has 28 heavy (non-hydrogen) atoms. The first-order chi connectivity index (χ1) is 13.1. The molecule has 0 saturated carbocycles. The molecule has 0 unspecified atom stereocenters. The van der Waals surface area contributed by atoms with Crippen molar-refractivity contribution >= 4 is 46.2 Å². The first kappa shape index (κ1) is 20.3. The smallest absolute Gasteiger partial charge is 0.267 e. The molecule has 2 aromatic rings. The molecular weight excluding hydrogens is 388 g/mol. The van der Waals surface area contributed by atoms with E-state index in [1.165, 1.54) is 17.3 Å². The highest BCUT2D eigenvalue weighted by atomic mass is 32.2. The second-order valence-corrected chi connectivity index (χ2v) is 9.37. The number of amides is 2. The fraction of sp³-hybridized carbons (Fsp3) is 0.227. The second kappa shape index (κ2) is 7.89. The zero-order valence-electron chi connectivity index (χ0n) is 16.3. The minimum atomic E-state index is -0.368. The summed E-state index contributed by atoms with van der Waals surface area (Å²) in [5, 5.41) is 1.14. The number of nitrogens with one attached hydrogen (secondary N) is 1. The zero-order valence-corrected chi connectivity index (χ0v) is 17.9. The number of hydrogen-bond donors (Lipinski definition) is 1. The maximum Gasteiger partial charge on any atom is 0.285 e. The first-order valence-corrected chi connectivity index (χ1v) is 10.1. The molecule has 1 saturated heterocycles. The van der Waals surface area contributed by atoms with Gasteiger partial charge in [-0.2, -0.15) is 5.01 Å². The van der Waals surface area contributed by atoms with Gasteiger partial charge in [0, 0.05) is 5.56 Å². The molecule has 1 N–H and O–H groups in total. The molecule has 0 atom stereocenters. The van der Waals surface area contributed by atoms with Crippen LogP contribution in [0.2, 0.25) is 0 Å². The molecule has 1 heterocycles. The van der Waals surface area contributed by atoms with Gasteiger partial charge >= 0.3 is 0 Å². The molecule has 1 aliphatic heterocycles. The van der Waals surface area contributed by atoms with Gasteiger partial charge in [-0.25, -0.2) is 0 Å². The van der Waals surface area contributed by atoms with Gasteiger partial charge in [0.05, 0.1) is 4.91 Å². The quantitative estimate of drug-likeness (QED) is 0.581. The zero-order chi connectivity index (χ0) is 20.5. The van der Waals surface area contributed by atoms with Crippen molar-refractivity contribution in [1.82, 2.24) is 10.4 Å². The summed E-state index contributed by atoms with van der Waals surface area (Å²) in [4.78, 5) is 25.6. The van der Waals surface area contributed by atoms with Gasteiger partial charge in [-0.05, 0) is 53.9 Å². The third-order valence-corrected chi connectivity index (χ3v) is 5.70. The monoisotopic (exact) mass is 410 g/mol. The van der Waals surface area contributed by atoms with Crippen LogP contribution in [0.1, 0.15) is 47.8 Å². The van der Waals surface area contributed by atoms with Crippen LogP contribution in [-0.4, -0.2) is 21.1 Å². The summed E-state index contributed by atoms with van der Waals surface area (Å²) in [5.74, 6) is -0.692. The van der Waals surface area contributed by atoms with Gasteiger partial charge in [-0.3, -0.25) is 15.0 Å². The molecule has 0 radical (unpaired) electrons. The Morgan fingerprint density at radius 1 is 1.07 bits per heavy atom. The van der Waals surface area contributed by atoms with Gasteiger partial charge in [0.25, 0.3) is 11.8 Å². The number of thiocarbonyl (C=S) groups is 1. The molecular formula is C22H22N2O2S2. The summed E-state index contributed by atoms with van der Waals surface area (Å²) in [7, 11) is 0. The van der Waals surface area contributed by atoms with E-state index < -0.39 is 0 Å². The van der Waals surface area contributed by atoms with Crippen LogP contribution in [0, 0.1) is 6.92 Å². The maximum atomic E-state index is 12.7. The van der Waals surface area contributed by atoms with E-state index in [1.807, 2.05) is 31.2 Å². The average molecular weight is 411 g/mol. The maximum absolute atomic E-state index is 12.7. The lowest BCUT2D eigenvalue weighted by molar-refractivity contribution is -0.123. The lowest BCUT2D eigenvalue weighted by atomic mass is 9.87. The molecule has 1 fully saturated rings. The number of hydrogen-bond acceptors (Lipinski definition) is 4. The number of benzene rings is 2. The van der Waals surface area contributed by atoms with Crippen molar-refractivity contribution in [3.05, 3.63) is 75.7 Å². The third kappa shape index (κ3) is 4.51. The van der Waals surface area contributed by atoms with E-state index in [0.29, 0.717) is 14.8 Å². The van der Waals surface area contributed by atoms with Crippen LogP contribution < -0.4 is 5.43 Å². The lowest BCUT2D eigenvalue weighted by Gasteiger charge is -2.18. The fourth-order valence-corrected chi connectivity index (χ4v) is 3.85. The van der Waals surface area contributed by atoms with Crippen LogP contribution in [0.5, 0.6) is 0 Å². The predicted molar refractivity (Wildman–Crippen MR) is 119 cm³/mol. The van der Waals surface area contributed by atoms with Crippen LogP contribution >= 0.6 is 24.0 Å². The van der Waals surface area contributed by atoms with Crippen LogP contribution in [0.3, 0.4) is 0 Å². The highest BCUT2D eigenvalue weighted by molar-refractivity contribution is 8.26. The SMILES string of the molecule is Cc1ccc(C(=O)NN2C(=O)/C(=C/c3ccc(C(C)(C)C)cc3)SC2=S)cc1. The summed E-state index contributed by atoms with van der Waals surface area (Å²) in [5.41, 5.74) is 6.34. The highest BCUT2D eigenvalue weighted by Gasteiger charge is 2.33. The van der Waals surface area contributed by atoms with Gasteiger partial charge in [-0.15, -0.1) is 0 Å². The van der Waals surface area contributed by atoms with Crippen molar-refractivity contribution in [2.75, 3.05) is 0 Å². The summed E-state index contributed by atoms with van der Waals surface area (Å²) in [6.07, 6.45) is 1.80. The lowest BCUT2D eigenvalue weighted by Crippen LogP contribution is -2.44. The molecule has 0 aromatic heterocycles. The van der Waals surface area contributed by atoms with E-state index in [-0.39, 0.29) is 17.2 Å². The number of carbonyl (C=O) groups is 2. The van der Waals surface area contributed by atoms with Gasteiger partial charge in [0.2, 0.25) is 0 Å². The van der Waals surface area contributed by atoms with Crippen LogP contribution in [0.25, 0.3) is 6.08 Å². The Kier molecular flexibility index (Phi) is 5.72. The Morgan fingerprint density at radius 3 is 2.25 bits per heavy atom. The molecule has 144 valence electrons. The standard InChI is InChI=1S/C22H22N2O2S2/c1-14-5-9-16(10-6-14)19(25)23-24-20(26)18(28-21(24)27)13-15-7-11-17(12-8-15)22(2,3)4/h5-13H,1-4H3,(H,23,25)/b18-13-. The van der Waals surface area contributed by atoms with Crippen molar-refractivity contribution in [2.45, 2.75) is 33.1 Å². The number of carbonyl (C=O) groups excluding carboxylic acids is 2. The molecule has 4 nitrogen and oxygen atoms in total. The Labute approximate surface area is 175 Å². The van der Waals surface area contributed by atoms with E-state index in [0.717, 1.165) is 16.1 Å². The van der Waals surface area contributed by atoms with Crippen LogP contribution in [-0.2, 0) is 10.2 Å². The van der Waals surface area contributed by atoms with Gasteiger partial charge in [0.15, 0.2) is 4.32 Å². The Morgan fingerprint density at radius 2 is 1.68 bits per heavy atom. The molecule has 0 aliphatic carbocycles. The largest absolute Gasteiger partial charge is 0.285 e. The summed E-state index contributed by atoms with van der Waals surface area (Å²) >= 11 is 6.46. The number of nitrogens with zero attached hydrogens (tertiary/aromatic N) is 1. The minimum Gasteiger partial charge on any atom is -0.267 e. The van der Waals surface area contributed by atoms with E-state index in [1.54, 1.807) is 18.2 Å². The summed E-state index contributed by atoms with van der Waals surface area (Å²) in [6.45, 7) is 8.42. The third-order valence-electron chi connectivity index (χ3n) is 4.40. The summed E-state index contributed by atoms with van der Waals surface area (Å²) < 4.78 is 0.308. The van der Waals surface area contributed by atoms with Crippen LogP contribution in [0.4, 0.5) is 0 Å². The van der Waals surface area contributed by atoms with Gasteiger partial charge < -0.3 is 0 Å². The van der Waals surface area contributed by atoms with Crippen molar-refractivity contribution in [2.24, 2.45) is 0 Å². The normalized spacial score (nSPS) is 16.0. The number of aryl methyl sites for hydroxylation is 1. The van der Waals surface area contributed by atoms with E-state index in [2.05, 4.69) is 38.3 Å². The molecule has 2 amide bonds. The predicted octanol–water partition coefficient (Wildman–Crippen LogP) is 4.84. The number of thioether (sulfide) groups is 1. The highest BCUT2D eigenvalue weighted by Crippen LogP contribution is 2.32.